The maximum atomic E-state index is 12.1. The molecule has 4 heteroatoms. The lowest BCUT2D eigenvalue weighted by Gasteiger charge is -2.42. The average Bonchev–Trinajstić information content (AvgIpc) is 2.35. The molecule has 0 spiro atoms. The van der Waals surface area contributed by atoms with Crippen molar-refractivity contribution in [3.05, 3.63) is 0 Å². The number of hydrogen-bond donors (Lipinski definition) is 1. The molecule has 20 heavy (non-hydrogen) atoms. The van der Waals surface area contributed by atoms with Crippen LogP contribution in [0.4, 0.5) is 0 Å². The Balaban J connectivity index is 5.04. The molecule has 0 saturated heterocycles. The zero-order chi connectivity index (χ0) is 16.1. The van der Waals surface area contributed by atoms with E-state index in [1.54, 1.807) is 0 Å². The van der Waals surface area contributed by atoms with Gasteiger partial charge in [-0.05, 0) is 61.4 Å². The highest BCUT2D eigenvalue weighted by Gasteiger charge is 2.38. The smallest absolute Gasteiger partial charge is 0.325 e. The molecule has 0 rings (SSSR count). The maximum absolute atomic E-state index is 12.1. The lowest BCUT2D eigenvalue weighted by atomic mass is 9.89. The molecule has 0 aromatic heterocycles. The summed E-state index contributed by atoms with van der Waals surface area (Å²) >= 11 is 0. The van der Waals surface area contributed by atoms with Crippen LogP contribution in [-0.4, -0.2) is 48.2 Å². The predicted molar refractivity (Wildman–Crippen MR) is 84.9 cm³/mol. The van der Waals surface area contributed by atoms with E-state index in [-0.39, 0.29) is 23.6 Å². The quantitative estimate of drug-likeness (QED) is 0.697. The van der Waals surface area contributed by atoms with Crippen LogP contribution in [0.25, 0.3) is 0 Å². The number of nitrogens with zero attached hydrogens (tertiary/aromatic N) is 1. The van der Waals surface area contributed by atoms with Crippen LogP contribution >= 0.6 is 0 Å². The van der Waals surface area contributed by atoms with Crippen molar-refractivity contribution >= 4 is 5.97 Å². The molecule has 2 unspecified atom stereocenters. The second-order valence-electron chi connectivity index (χ2n) is 6.95. The van der Waals surface area contributed by atoms with Gasteiger partial charge in [0, 0.05) is 17.6 Å². The molecule has 0 aliphatic carbocycles. The van der Waals surface area contributed by atoms with E-state index in [0.29, 0.717) is 0 Å². The number of methoxy groups -OCH3 is 1. The zero-order valence-corrected chi connectivity index (χ0v) is 14.8. The van der Waals surface area contributed by atoms with E-state index >= 15 is 0 Å². The average molecular weight is 286 g/mol. The molecule has 0 aromatic rings. The van der Waals surface area contributed by atoms with E-state index < -0.39 is 5.54 Å². The second kappa shape index (κ2) is 7.41. The molecule has 120 valence electrons. The van der Waals surface area contributed by atoms with E-state index in [1.165, 1.54) is 7.11 Å². The number of nitrogens with one attached hydrogen (secondary N) is 1. The first kappa shape index (κ1) is 19.4. The van der Waals surface area contributed by atoms with E-state index in [9.17, 15) is 4.79 Å². The Labute approximate surface area is 125 Å². The van der Waals surface area contributed by atoms with Crippen molar-refractivity contribution in [1.29, 1.82) is 0 Å². The van der Waals surface area contributed by atoms with Crippen LogP contribution in [0, 0.1) is 0 Å². The first-order chi connectivity index (χ1) is 9.00. The summed E-state index contributed by atoms with van der Waals surface area (Å²) in [5.41, 5.74) is -0.533. The third-order valence-electron chi connectivity index (χ3n) is 4.43. The summed E-state index contributed by atoms with van der Waals surface area (Å²) in [5.74, 6) is -0.194. The highest BCUT2D eigenvalue weighted by atomic mass is 16.5. The molecule has 1 N–H and O–H groups in total. The summed E-state index contributed by atoms with van der Waals surface area (Å²) in [6.45, 7) is 14.8. The molecule has 0 heterocycles. The third kappa shape index (κ3) is 5.06. The molecule has 4 nitrogen and oxygen atoms in total. The van der Waals surface area contributed by atoms with E-state index in [0.717, 1.165) is 12.8 Å². The van der Waals surface area contributed by atoms with Crippen molar-refractivity contribution in [3.63, 3.8) is 0 Å². The Morgan fingerprint density at radius 1 is 1.25 bits per heavy atom. The number of ether oxygens (including phenoxy) is 1. The number of rotatable bonds is 8. The molecule has 0 aromatic carbocycles. The Bertz CT molecular complexity index is 316. The summed E-state index contributed by atoms with van der Waals surface area (Å²) in [6.07, 6.45) is 1.79. The SMILES string of the molecule is CCC(C)(C)N(C)C(C)CC(C)(NC(C)C)C(=O)OC. The Morgan fingerprint density at radius 2 is 1.75 bits per heavy atom. The molecule has 0 aliphatic rings. The van der Waals surface area contributed by atoms with Crippen molar-refractivity contribution in [1.82, 2.24) is 10.2 Å². The van der Waals surface area contributed by atoms with Gasteiger partial charge in [0.25, 0.3) is 0 Å². The summed E-state index contributed by atoms with van der Waals surface area (Å²) in [7, 11) is 3.58. The molecule has 2 atom stereocenters. The number of hydrogen-bond acceptors (Lipinski definition) is 4. The van der Waals surface area contributed by atoms with Crippen molar-refractivity contribution in [2.75, 3.05) is 14.2 Å². The van der Waals surface area contributed by atoms with Crippen LogP contribution in [-0.2, 0) is 9.53 Å². The minimum Gasteiger partial charge on any atom is -0.468 e. The van der Waals surface area contributed by atoms with Gasteiger partial charge in [0.05, 0.1) is 7.11 Å². The number of esters is 1. The van der Waals surface area contributed by atoms with Crippen molar-refractivity contribution in [2.24, 2.45) is 0 Å². The van der Waals surface area contributed by atoms with Gasteiger partial charge in [-0.1, -0.05) is 6.92 Å². The maximum Gasteiger partial charge on any atom is 0.325 e. The number of carbonyl (C=O) groups is 1. The van der Waals surface area contributed by atoms with Crippen molar-refractivity contribution in [3.8, 4) is 0 Å². The van der Waals surface area contributed by atoms with Gasteiger partial charge in [0.15, 0.2) is 0 Å². The van der Waals surface area contributed by atoms with Crippen LogP contribution in [0.15, 0.2) is 0 Å². The fraction of sp³-hybridized carbons (Fsp3) is 0.938. The Morgan fingerprint density at radius 3 is 2.10 bits per heavy atom. The number of carbonyl (C=O) groups excluding carboxylic acids is 1. The summed E-state index contributed by atoms with van der Waals surface area (Å²) in [4.78, 5) is 14.5. The highest BCUT2D eigenvalue weighted by molar-refractivity contribution is 5.80. The zero-order valence-electron chi connectivity index (χ0n) is 14.8. The predicted octanol–water partition coefficient (Wildman–Crippen LogP) is 2.82. The summed E-state index contributed by atoms with van der Waals surface area (Å²) in [5, 5.41) is 3.36. The molecule has 0 bridgehead atoms. The standard InChI is InChI=1S/C16H34N2O2/c1-10-15(5,6)18(8)13(4)11-16(7,14(19)20-9)17-12(2)3/h12-13,17H,10-11H2,1-9H3. The van der Waals surface area contributed by atoms with E-state index in [1.807, 2.05) is 20.8 Å². The van der Waals surface area contributed by atoms with Crippen molar-refractivity contribution in [2.45, 2.75) is 84.5 Å². The lowest BCUT2D eigenvalue weighted by molar-refractivity contribution is -0.149. The van der Waals surface area contributed by atoms with Gasteiger partial charge < -0.3 is 4.74 Å². The van der Waals surface area contributed by atoms with Gasteiger partial charge in [0.2, 0.25) is 0 Å². The first-order valence-electron chi connectivity index (χ1n) is 7.59. The summed E-state index contributed by atoms with van der Waals surface area (Å²) < 4.78 is 4.99. The van der Waals surface area contributed by atoms with Crippen LogP contribution in [0.1, 0.15) is 61.3 Å². The van der Waals surface area contributed by atoms with Gasteiger partial charge in [-0.25, -0.2) is 0 Å². The topological polar surface area (TPSA) is 41.6 Å². The van der Waals surface area contributed by atoms with Gasteiger partial charge >= 0.3 is 5.97 Å². The molecular formula is C16H34N2O2. The first-order valence-corrected chi connectivity index (χ1v) is 7.59. The Hall–Kier alpha value is -0.610. The van der Waals surface area contributed by atoms with Crippen LogP contribution in [0.5, 0.6) is 0 Å². The molecular weight excluding hydrogens is 252 g/mol. The van der Waals surface area contributed by atoms with Gasteiger partial charge in [-0.15, -0.1) is 0 Å². The normalized spacial score (nSPS) is 17.1. The monoisotopic (exact) mass is 286 g/mol. The summed E-state index contributed by atoms with van der Waals surface area (Å²) in [6, 6.07) is 0.510. The molecule has 0 radical (unpaired) electrons. The Kier molecular flexibility index (Phi) is 7.19. The fourth-order valence-electron chi connectivity index (χ4n) is 2.64. The van der Waals surface area contributed by atoms with Crippen LogP contribution < -0.4 is 5.32 Å². The van der Waals surface area contributed by atoms with Crippen LogP contribution in [0.3, 0.4) is 0 Å². The molecule has 0 saturated carbocycles. The third-order valence-corrected chi connectivity index (χ3v) is 4.43. The van der Waals surface area contributed by atoms with Gasteiger partial charge in [0.1, 0.15) is 5.54 Å². The molecule has 0 amide bonds. The van der Waals surface area contributed by atoms with Crippen molar-refractivity contribution < 1.29 is 9.53 Å². The highest BCUT2D eigenvalue weighted by Crippen LogP contribution is 2.25. The largest absolute Gasteiger partial charge is 0.468 e. The minimum atomic E-state index is -0.652. The van der Waals surface area contributed by atoms with E-state index in [4.69, 9.17) is 4.74 Å². The molecule has 0 aliphatic heterocycles. The van der Waals surface area contributed by atoms with Gasteiger partial charge in [-0.2, -0.15) is 0 Å². The fourth-order valence-corrected chi connectivity index (χ4v) is 2.64. The van der Waals surface area contributed by atoms with Crippen LogP contribution in [0.2, 0.25) is 0 Å². The van der Waals surface area contributed by atoms with Gasteiger partial charge in [-0.3, -0.25) is 15.0 Å². The second-order valence-corrected chi connectivity index (χ2v) is 6.95. The molecule has 0 fully saturated rings. The lowest BCUT2D eigenvalue weighted by Crippen LogP contribution is -2.57. The minimum absolute atomic E-state index is 0.119. The van der Waals surface area contributed by atoms with E-state index in [2.05, 4.69) is 45.0 Å².